The van der Waals surface area contributed by atoms with Crippen molar-refractivity contribution >= 4 is 11.7 Å². The Morgan fingerprint density at radius 3 is 2.89 bits per heavy atom. The minimum absolute atomic E-state index is 0.518. The van der Waals surface area contributed by atoms with E-state index in [-0.39, 0.29) is 0 Å². The largest absolute Gasteiger partial charge is 0.481 e. The molecule has 1 N–H and O–H groups in total. The average molecular weight is 246 g/mol. The third kappa shape index (κ3) is 2.37. The van der Waals surface area contributed by atoms with Gasteiger partial charge in [-0.05, 0) is 31.4 Å². The predicted molar refractivity (Wildman–Crippen MR) is 70.6 cm³/mol. The second-order valence-corrected chi connectivity index (χ2v) is 4.81. The fourth-order valence-electron chi connectivity index (χ4n) is 2.61. The summed E-state index contributed by atoms with van der Waals surface area (Å²) in [6.07, 6.45) is 7.31. The van der Waals surface area contributed by atoms with Gasteiger partial charge in [-0.3, -0.25) is 9.78 Å². The number of carboxylic acid groups (broad SMARTS) is 1. The monoisotopic (exact) mass is 246 g/mol. The number of allylic oxidation sites excluding steroid dienone is 1. The van der Waals surface area contributed by atoms with Crippen LogP contribution in [0.15, 0.2) is 37.2 Å². The standard InChI is InChI=1S/C14H18N2O2/c1-2-6-14(13(17)18)7-3-10-16(11-14)12-4-8-15-9-5-12/h2,4-5,8-9H,1,3,6-7,10-11H2,(H,17,18)/t14-/m0/s1. The number of aromatic nitrogens is 1. The molecule has 1 aromatic heterocycles. The minimum atomic E-state index is -0.721. The number of carbonyl (C=O) groups is 1. The zero-order chi connectivity index (χ0) is 13.0. The molecule has 96 valence electrons. The lowest BCUT2D eigenvalue weighted by atomic mass is 9.77. The molecule has 2 rings (SSSR count). The summed E-state index contributed by atoms with van der Waals surface area (Å²) in [4.78, 5) is 17.7. The number of piperidine rings is 1. The molecule has 0 unspecified atom stereocenters. The van der Waals surface area contributed by atoms with E-state index in [1.807, 2.05) is 12.1 Å². The van der Waals surface area contributed by atoms with Crippen molar-refractivity contribution < 1.29 is 9.90 Å². The highest BCUT2D eigenvalue weighted by atomic mass is 16.4. The summed E-state index contributed by atoms with van der Waals surface area (Å²) < 4.78 is 0. The van der Waals surface area contributed by atoms with Crippen LogP contribution >= 0.6 is 0 Å². The van der Waals surface area contributed by atoms with Crippen molar-refractivity contribution in [2.45, 2.75) is 19.3 Å². The van der Waals surface area contributed by atoms with E-state index in [0.29, 0.717) is 13.0 Å². The lowest BCUT2D eigenvalue weighted by molar-refractivity contribution is -0.149. The molecule has 4 nitrogen and oxygen atoms in total. The van der Waals surface area contributed by atoms with Crippen molar-refractivity contribution in [3.63, 3.8) is 0 Å². The minimum Gasteiger partial charge on any atom is -0.481 e. The van der Waals surface area contributed by atoms with Crippen LogP contribution in [0.4, 0.5) is 5.69 Å². The molecule has 0 aromatic carbocycles. The Kier molecular flexibility index (Phi) is 3.65. The molecule has 0 amide bonds. The highest BCUT2D eigenvalue weighted by molar-refractivity contribution is 5.76. The Hall–Kier alpha value is -1.84. The highest BCUT2D eigenvalue weighted by Gasteiger charge is 2.41. The van der Waals surface area contributed by atoms with E-state index in [9.17, 15) is 9.90 Å². The van der Waals surface area contributed by atoms with Crippen molar-refractivity contribution in [2.24, 2.45) is 5.41 Å². The SMILES string of the molecule is C=CC[C@]1(C(=O)O)CCCN(c2ccncc2)C1. The summed E-state index contributed by atoms with van der Waals surface area (Å²) in [6, 6.07) is 3.84. The fraction of sp³-hybridized carbons (Fsp3) is 0.429. The predicted octanol–water partition coefficient (Wildman–Crippen LogP) is 2.33. The topological polar surface area (TPSA) is 53.4 Å². The number of aliphatic carboxylic acids is 1. The number of pyridine rings is 1. The molecular formula is C14H18N2O2. The van der Waals surface area contributed by atoms with E-state index in [1.54, 1.807) is 18.5 Å². The maximum Gasteiger partial charge on any atom is 0.311 e. The van der Waals surface area contributed by atoms with Crippen LogP contribution in [0.1, 0.15) is 19.3 Å². The first kappa shape index (κ1) is 12.6. The van der Waals surface area contributed by atoms with Crippen molar-refractivity contribution in [1.82, 2.24) is 4.98 Å². The van der Waals surface area contributed by atoms with Crippen molar-refractivity contribution in [2.75, 3.05) is 18.0 Å². The third-order valence-electron chi connectivity index (χ3n) is 3.59. The molecule has 1 atom stereocenters. The molecule has 1 aliphatic heterocycles. The van der Waals surface area contributed by atoms with Crippen LogP contribution in [0, 0.1) is 5.41 Å². The quantitative estimate of drug-likeness (QED) is 0.828. The van der Waals surface area contributed by atoms with Gasteiger partial charge in [0.05, 0.1) is 5.41 Å². The maximum absolute atomic E-state index is 11.6. The summed E-state index contributed by atoms with van der Waals surface area (Å²) >= 11 is 0. The summed E-state index contributed by atoms with van der Waals surface area (Å²) in [6.45, 7) is 5.13. The number of hydrogen-bond acceptors (Lipinski definition) is 3. The Balaban J connectivity index is 2.21. The Morgan fingerprint density at radius 2 is 2.28 bits per heavy atom. The van der Waals surface area contributed by atoms with Crippen LogP contribution < -0.4 is 4.90 Å². The van der Waals surface area contributed by atoms with Crippen LogP contribution in [-0.2, 0) is 4.79 Å². The van der Waals surface area contributed by atoms with E-state index in [4.69, 9.17) is 0 Å². The van der Waals surface area contributed by atoms with Crippen molar-refractivity contribution in [1.29, 1.82) is 0 Å². The first-order chi connectivity index (χ1) is 8.68. The number of anilines is 1. The molecule has 0 spiro atoms. The zero-order valence-corrected chi connectivity index (χ0v) is 10.4. The number of rotatable bonds is 4. The van der Waals surface area contributed by atoms with Crippen LogP contribution in [-0.4, -0.2) is 29.1 Å². The van der Waals surface area contributed by atoms with Crippen LogP contribution in [0.3, 0.4) is 0 Å². The van der Waals surface area contributed by atoms with Crippen molar-refractivity contribution in [3.05, 3.63) is 37.2 Å². The fourth-order valence-corrected chi connectivity index (χ4v) is 2.61. The van der Waals surface area contributed by atoms with Gasteiger partial charge in [0.25, 0.3) is 0 Å². The smallest absolute Gasteiger partial charge is 0.311 e. The Bertz CT molecular complexity index is 433. The van der Waals surface area contributed by atoms with Crippen LogP contribution in [0.2, 0.25) is 0 Å². The Morgan fingerprint density at radius 1 is 1.56 bits per heavy atom. The van der Waals surface area contributed by atoms with Gasteiger partial charge in [0.1, 0.15) is 0 Å². The van der Waals surface area contributed by atoms with Crippen LogP contribution in [0.5, 0.6) is 0 Å². The Labute approximate surface area is 107 Å². The molecule has 0 aliphatic carbocycles. The number of nitrogens with zero attached hydrogens (tertiary/aromatic N) is 2. The summed E-state index contributed by atoms with van der Waals surface area (Å²) in [5.41, 5.74) is 0.350. The van der Waals surface area contributed by atoms with E-state index < -0.39 is 11.4 Å². The van der Waals surface area contributed by atoms with Gasteiger partial charge < -0.3 is 10.0 Å². The second-order valence-electron chi connectivity index (χ2n) is 4.81. The van der Waals surface area contributed by atoms with E-state index >= 15 is 0 Å². The first-order valence-electron chi connectivity index (χ1n) is 6.17. The van der Waals surface area contributed by atoms with Gasteiger partial charge in [0.15, 0.2) is 0 Å². The third-order valence-corrected chi connectivity index (χ3v) is 3.59. The molecular weight excluding hydrogens is 228 g/mol. The zero-order valence-electron chi connectivity index (χ0n) is 10.4. The van der Waals surface area contributed by atoms with Crippen molar-refractivity contribution in [3.8, 4) is 0 Å². The van der Waals surface area contributed by atoms with Gasteiger partial charge in [-0.2, -0.15) is 0 Å². The van der Waals surface area contributed by atoms with E-state index in [1.165, 1.54) is 0 Å². The molecule has 1 saturated heterocycles. The lowest BCUT2D eigenvalue weighted by Gasteiger charge is -2.40. The van der Waals surface area contributed by atoms with Gasteiger partial charge in [-0.1, -0.05) is 6.08 Å². The van der Waals surface area contributed by atoms with Gasteiger partial charge in [0, 0.05) is 31.2 Å². The van der Waals surface area contributed by atoms with Gasteiger partial charge >= 0.3 is 5.97 Å². The maximum atomic E-state index is 11.6. The molecule has 1 aliphatic rings. The molecule has 2 heterocycles. The molecule has 0 saturated carbocycles. The number of hydrogen-bond donors (Lipinski definition) is 1. The first-order valence-corrected chi connectivity index (χ1v) is 6.17. The number of carboxylic acids is 1. The van der Waals surface area contributed by atoms with Crippen LogP contribution in [0.25, 0.3) is 0 Å². The van der Waals surface area contributed by atoms with Gasteiger partial charge in [0.2, 0.25) is 0 Å². The molecule has 0 radical (unpaired) electrons. The molecule has 1 aromatic rings. The summed E-state index contributed by atoms with van der Waals surface area (Å²) in [5, 5.41) is 9.50. The average Bonchev–Trinajstić information content (AvgIpc) is 2.40. The summed E-state index contributed by atoms with van der Waals surface area (Å²) in [5.74, 6) is -0.721. The van der Waals surface area contributed by atoms with E-state index in [2.05, 4.69) is 16.5 Å². The van der Waals surface area contributed by atoms with E-state index in [0.717, 1.165) is 25.1 Å². The normalized spacial score (nSPS) is 23.7. The molecule has 1 fully saturated rings. The lowest BCUT2D eigenvalue weighted by Crippen LogP contribution is -2.47. The molecule has 18 heavy (non-hydrogen) atoms. The molecule has 0 bridgehead atoms. The van der Waals surface area contributed by atoms with Gasteiger partial charge in [-0.15, -0.1) is 6.58 Å². The van der Waals surface area contributed by atoms with Gasteiger partial charge in [-0.25, -0.2) is 0 Å². The molecule has 4 heteroatoms. The highest BCUT2D eigenvalue weighted by Crippen LogP contribution is 2.36. The second kappa shape index (κ2) is 5.21. The summed E-state index contributed by atoms with van der Waals surface area (Å²) in [7, 11) is 0.